The number of esters is 1. The van der Waals surface area contributed by atoms with E-state index in [1.165, 1.54) is 0 Å². The zero-order valence-electron chi connectivity index (χ0n) is 14.1. The van der Waals surface area contributed by atoms with Crippen LogP contribution in [0.25, 0.3) is 0 Å². The maximum atomic E-state index is 11.9. The maximum absolute atomic E-state index is 11.9. The molecule has 5 heteroatoms. The molecule has 0 bridgehead atoms. The molecule has 1 heterocycles. The van der Waals surface area contributed by atoms with E-state index < -0.39 is 5.60 Å². The number of carbonyl (C=O) groups excluding carboxylic acids is 1. The topological polar surface area (TPSA) is 55.6 Å². The Bertz CT molecular complexity index is 610. The van der Waals surface area contributed by atoms with Gasteiger partial charge in [0.15, 0.2) is 0 Å². The highest BCUT2D eigenvalue weighted by Gasteiger charge is 2.52. The van der Waals surface area contributed by atoms with Crippen LogP contribution in [0.3, 0.4) is 0 Å². The van der Waals surface area contributed by atoms with Crippen molar-refractivity contribution in [1.29, 1.82) is 0 Å². The Morgan fingerprint density at radius 3 is 2.61 bits per heavy atom. The number of rotatable bonds is 3. The molecular weight excluding hydrogens is 312 g/mol. The summed E-state index contributed by atoms with van der Waals surface area (Å²) in [6.07, 6.45) is 2.76. The molecule has 0 unspecified atom stereocenters. The third kappa shape index (κ3) is 3.57. The van der Waals surface area contributed by atoms with Crippen LogP contribution in [0, 0.1) is 11.3 Å². The summed E-state index contributed by atoms with van der Waals surface area (Å²) >= 11 is 6.27. The summed E-state index contributed by atoms with van der Waals surface area (Å²) in [5.41, 5.74) is 7.47. The molecule has 1 aromatic carbocycles. The van der Waals surface area contributed by atoms with E-state index in [1.807, 2.05) is 32.9 Å². The first-order chi connectivity index (χ1) is 10.7. The predicted octanol–water partition coefficient (Wildman–Crippen LogP) is 3.87. The fourth-order valence-electron chi connectivity index (χ4n) is 3.90. The molecule has 4 nitrogen and oxygen atoms in total. The second kappa shape index (κ2) is 5.59. The number of nitrogen functional groups attached to an aromatic ring is 1. The van der Waals surface area contributed by atoms with Gasteiger partial charge in [-0.3, -0.25) is 4.79 Å². The molecule has 23 heavy (non-hydrogen) atoms. The van der Waals surface area contributed by atoms with Crippen molar-refractivity contribution in [3.63, 3.8) is 0 Å². The molecular formula is C18H25ClN2O2. The summed E-state index contributed by atoms with van der Waals surface area (Å²) in [5, 5.41) is 0.712. The fourth-order valence-corrected chi connectivity index (χ4v) is 4.21. The number of nitrogens with two attached hydrogens (primary N) is 1. The lowest BCUT2D eigenvalue weighted by Gasteiger charge is -2.60. The Kier molecular flexibility index (Phi) is 3.99. The zero-order valence-corrected chi connectivity index (χ0v) is 14.8. The van der Waals surface area contributed by atoms with Crippen LogP contribution < -0.4 is 10.6 Å². The molecule has 1 spiro atoms. The molecule has 1 aliphatic heterocycles. The molecule has 2 N–H and O–H groups in total. The van der Waals surface area contributed by atoms with Crippen molar-refractivity contribution in [2.24, 2.45) is 11.3 Å². The lowest BCUT2D eigenvalue weighted by molar-refractivity contribution is -0.158. The molecule has 3 rings (SSSR count). The summed E-state index contributed by atoms with van der Waals surface area (Å²) in [7, 11) is 0. The van der Waals surface area contributed by atoms with E-state index in [0.717, 1.165) is 31.6 Å². The third-order valence-electron chi connectivity index (χ3n) is 4.68. The van der Waals surface area contributed by atoms with E-state index in [1.54, 1.807) is 6.07 Å². The number of benzene rings is 1. The van der Waals surface area contributed by atoms with Crippen molar-refractivity contribution < 1.29 is 9.53 Å². The lowest BCUT2D eigenvalue weighted by Crippen LogP contribution is -2.62. The molecule has 0 radical (unpaired) electrons. The van der Waals surface area contributed by atoms with Gasteiger partial charge in [0.25, 0.3) is 0 Å². The highest BCUT2D eigenvalue weighted by Crippen LogP contribution is 2.54. The number of hydrogen-bond donors (Lipinski definition) is 1. The second-order valence-electron chi connectivity index (χ2n) is 8.13. The van der Waals surface area contributed by atoms with Crippen LogP contribution in [-0.4, -0.2) is 24.7 Å². The monoisotopic (exact) mass is 336 g/mol. The van der Waals surface area contributed by atoms with Gasteiger partial charge in [-0.1, -0.05) is 11.6 Å². The number of halogens is 1. The van der Waals surface area contributed by atoms with Crippen LogP contribution in [0.4, 0.5) is 11.4 Å². The van der Waals surface area contributed by atoms with Crippen LogP contribution in [0.15, 0.2) is 18.2 Å². The fraction of sp³-hybridized carbons (Fsp3) is 0.611. The van der Waals surface area contributed by atoms with Crippen molar-refractivity contribution in [3.8, 4) is 0 Å². The van der Waals surface area contributed by atoms with E-state index in [9.17, 15) is 4.79 Å². The van der Waals surface area contributed by atoms with Crippen LogP contribution >= 0.6 is 11.6 Å². The Hall–Kier alpha value is -1.42. The van der Waals surface area contributed by atoms with Gasteiger partial charge >= 0.3 is 5.97 Å². The summed E-state index contributed by atoms with van der Waals surface area (Å²) in [6, 6.07) is 5.67. The average Bonchev–Trinajstić information content (AvgIpc) is 2.29. The van der Waals surface area contributed by atoms with Crippen molar-refractivity contribution in [2.45, 2.75) is 45.6 Å². The van der Waals surface area contributed by atoms with E-state index in [2.05, 4.69) is 4.90 Å². The molecule has 126 valence electrons. The largest absolute Gasteiger partial charge is 0.460 e. The highest BCUT2D eigenvalue weighted by molar-refractivity contribution is 6.33. The minimum absolute atomic E-state index is 0.0740. The van der Waals surface area contributed by atoms with Crippen molar-refractivity contribution in [3.05, 3.63) is 23.2 Å². The molecule has 2 fully saturated rings. The Morgan fingerprint density at radius 2 is 2.04 bits per heavy atom. The van der Waals surface area contributed by atoms with Gasteiger partial charge in [-0.25, -0.2) is 0 Å². The Labute approximate surface area is 142 Å². The lowest BCUT2D eigenvalue weighted by atomic mass is 9.57. The van der Waals surface area contributed by atoms with E-state index >= 15 is 0 Å². The maximum Gasteiger partial charge on any atom is 0.306 e. The molecule has 1 aliphatic carbocycles. The number of hydrogen-bond acceptors (Lipinski definition) is 4. The molecule has 1 saturated heterocycles. The standard InChI is InChI=1S/C18H25ClN2O2/c1-17(2,3)23-16(22)6-12-8-18(9-12)10-21(11-18)15-5-4-13(20)7-14(15)19/h4-5,7,12H,6,8-11,20H2,1-3H3. The molecule has 2 aliphatic rings. The highest BCUT2D eigenvalue weighted by atomic mass is 35.5. The van der Waals surface area contributed by atoms with E-state index in [4.69, 9.17) is 22.1 Å². The van der Waals surface area contributed by atoms with Gasteiger partial charge in [-0.15, -0.1) is 0 Å². The van der Waals surface area contributed by atoms with Crippen molar-refractivity contribution in [2.75, 3.05) is 23.7 Å². The smallest absolute Gasteiger partial charge is 0.306 e. The second-order valence-corrected chi connectivity index (χ2v) is 8.54. The summed E-state index contributed by atoms with van der Waals surface area (Å²) in [5.74, 6) is 0.393. The van der Waals surface area contributed by atoms with Gasteiger partial charge in [0.2, 0.25) is 0 Å². The van der Waals surface area contributed by atoms with Crippen LogP contribution in [0.2, 0.25) is 5.02 Å². The Morgan fingerprint density at radius 1 is 1.39 bits per heavy atom. The van der Waals surface area contributed by atoms with Gasteiger partial charge < -0.3 is 15.4 Å². The average molecular weight is 337 g/mol. The quantitative estimate of drug-likeness (QED) is 0.672. The summed E-state index contributed by atoms with van der Waals surface area (Å²) < 4.78 is 5.40. The van der Waals surface area contributed by atoms with Crippen LogP contribution in [0.5, 0.6) is 0 Å². The third-order valence-corrected chi connectivity index (χ3v) is 4.99. The number of carbonyl (C=O) groups is 1. The van der Waals surface area contributed by atoms with Gasteiger partial charge in [0, 0.05) is 30.6 Å². The zero-order chi connectivity index (χ0) is 16.8. The summed E-state index contributed by atoms with van der Waals surface area (Å²) in [6.45, 7) is 7.76. The number of nitrogens with zero attached hydrogens (tertiary/aromatic N) is 1. The first kappa shape index (κ1) is 16.4. The van der Waals surface area contributed by atoms with E-state index in [-0.39, 0.29) is 5.97 Å². The molecule has 0 atom stereocenters. The first-order valence-corrected chi connectivity index (χ1v) is 8.55. The number of anilines is 2. The molecule has 0 amide bonds. The molecule has 1 aromatic rings. The van der Waals surface area contributed by atoms with Gasteiger partial charge in [0.1, 0.15) is 5.60 Å². The molecule has 1 saturated carbocycles. The normalized spacial score (nSPS) is 20.1. The van der Waals surface area contributed by atoms with E-state index in [0.29, 0.717) is 28.5 Å². The molecule has 0 aromatic heterocycles. The predicted molar refractivity (Wildman–Crippen MR) is 93.7 cm³/mol. The number of ether oxygens (including phenoxy) is 1. The minimum Gasteiger partial charge on any atom is -0.460 e. The minimum atomic E-state index is -0.391. The first-order valence-electron chi connectivity index (χ1n) is 8.18. The van der Waals surface area contributed by atoms with Gasteiger partial charge in [-0.05, 0) is 57.7 Å². The van der Waals surface area contributed by atoms with Crippen LogP contribution in [-0.2, 0) is 9.53 Å². The van der Waals surface area contributed by atoms with Gasteiger partial charge in [-0.2, -0.15) is 0 Å². The summed E-state index contributed by atoms with van der Waals surface area (Å²) in [4.78, 5) is 14.2. The Balaban J connectivity index is 1.47. The van der Waals surface area contributed by atoms with Crippen molar-refractivity contribution in [1.82, 2.24) is 0 Å². The SMILES string of the molecule is CC(C)(C)OC(=O)CC1CC2(C1)CN(c1ccc(N)cc1Cl)C2. The van der Waals surface area contributed by atoms with Crippen LogP contribution in [0.1, 0.15) is 40.0 Å². The van der Waals surface area contributed by atoms with Gasteiger partial charge in [0.05, 0.1) is 10.7 Å². The van der Waals surface area contributed by atoms with Crippen molar-refractivity contribution >= 4 is 28.9 Å².